The van der Waals surface area contributed by atoms with Crippen molar-refractivity contribution in [3.8, 4) is 0 Å². The van der Waals surface area contributed by atoms with Gasteiger partial charge < -0.3 is 14.6 Å². The van der Waals surface area contributed by atoms with Crippen molar-refractivity contribution < 1.29 is 19.4 Å². The Morgan fingerprint density at radius 2 is 2.11 bits per heavy atom. The van der Waals surface area contributed by atoms with Gasteiger partial charge in [0.1, 0.15) is 6.29 Å². The van der Waals surface area contributed by atoms with Gasteiger partial charge in [-0.05, 0) is 38.0 Å². The maximum Gasteiger partial charge on any atom is 0.310 e. The Bertz CT molecular complexity index is 339. The van der Waals surface area contributed by atoms with Crippen LogP contribution < -0.4 is 0 Å². The molecule has 0 amide bonds. The number of aldehydes is 1. The van der Waals surface area contributed by atoms with Crippen molar-refractivity contribution in [2.45, 2.75) is 47.0 Å². The Balaban J connectivity index is 2.68. The standard InChI is InChI=1S/C15H26O4/c1-11(2)6-8-19-9-12-5-7-14(3,10-16)15(12,4)13(17)18/h10-12H,5-9H2,1-4H3,(H,17,18)/t12-,14+,15+/m1/s1. The maximum atomic E-state index is 11.6. The van der Waals surface area contributed by atoms with Gasteiger partial charge in [-0.2, -0.15) is 0 Å². The van der Waals surface area contributed by atoms with Gasteiger partial charge in [-0.3, -0.25) is 4.79 Å². The largest absolute Gasteiger partial charge is 0.481 e. The minimum Gasteiger partial charge on any atom is -0.481 e. The zero-order valence-electron chi connectivity index (χ0n) is 12.4. The molecular formula is C15H26O4. The average molecular weight is 270 g/mol. The summed E-state index contributed by atoms with van der Waals surface area (Å²) in [5.41, 5.74) is -1.81. The fourth-order valence-corrected chi connectivity index (χ4v) is 2.88. The summed E-state index contributed by atoms with van der Waals surface area (Å²) in [5, 5.41) is 9.54. The highest BCUT2D eigenvalue weighted by atomic mass is 16.5. The van der Waals surface area contributed by atoms with Crippen LogP contribution in [0, 0.1) is 22.7 Å². The van der Waals surface area contributed by atoms with Gasteiger partial charge in [0.15, 0.2) is 0 Å². The number of carboxylic acids is 1. The van der Waals surface area contributed by atoms with Crippen molar-refractivity contribution in [2.75, 3.05) is 13.2 Å². The molecule has 0 saturated heterocycles. The summed E-state index contributed by atoms with van der Waals surface area (Å²) in [5.74, 6) is -0.404. The lowest BCUT2D eigenvalue weighted by Gasteiger charge is -2.37. The summed E-state index contributed by atoms with van der Waals surface area (Å²) in [6.07, 6.45) is 3.15. The molecule has 1 rings (SSSR count). The van der Waals surface area contributed by atoms with Gasteiger partial charge in [0, 0.05) is 12.0 Å². The van der Waals surface area contributed by atoms with E-state index in [0.717, 1.165) is 19.1 Å². The monoisotopic (exact) mass is 270 g/mol. The minimum absolute atomic E-state index is 0.0904. The molecule has 1 fully saturated rings. The third-order valence-electron chi connectivity index (χ3n) is 4.88. The molecule has 4 nitrogen and oxygen atoms in total. The van der Waals surface area contributed by atoms with Gasteiger partial charge in [0.05, 0.1) is 12.0 Å². The first-order chi connectivity index (χ1) is 8.78. The van der Waals surface area contributed by atoms with Gasteiger partial charge in [0.25, 0.3) is 0 Å². The molecule has 0 aliphatic heterocycles. The summed E-state index contributed by atoms with van der Waals surface area (Å²) >= 11 is 0. The van der Waals surface area contributed by atoms with Crippen LogP contribution in [-0.2, 0) is 14.3 Å². The maximum absolute atomic E-state index is 11.6. The molecule has 0 aromatic rings. The minimum atomic E-state index is -1.02. The molecule has 4 heteroatoms. The van der Waals surface area contributed by atoms with E-state index < -0.39 is 16.8 Å². The normalized spacial score (nSPS) is 34.7. The molecule has 0 aromatic carbocycles. The number of carbonyl (C=O) groups is 2. The predicted octanol–water partition coefficient (Wildman–Crippen LogP) is 2.76. The smallest absolute Gasteiger partial charge is 0.310 e. The molecule has 0 unspecified atom stereocenters. The Kier molecular flexibility index (Phi) is 5.13. The summed E-state index contributed by atoms with van der Waals surface area (Å²) in [4.78, 5) is 22.9. The van der Waals surface area contributed by atoms with E-state index >= 15 is 0 Å². The third kappa shape index (κ3) is 2.99. The topological polar surface area (TPSA) is 63.6 Å². The Hall–Kier alpha value is -0.900. The van der Waals surface area contributed by atoms with E-state index in [4.69, 9.17) is 4.74 Å². The summed E-state index contributed by atoms with van der Waals surface area (Å²) in [6.45, 7) is 8.78. The van der Waals surface area contributed by atoms with Crippen molar-refractivity contribution in [3.63, 3.8) is 0 Å². The van der Waals surface area contributed by atoms with E-state index in [0.29, 0.717) is 25.6 Å². The van der Waals surface area contributed by atoms with Crippen LogP contribution in [0.4, 0.5) is 0 Å². The second-order valence-electron chi connectivity index (χ2n) is 6.54. The van der Waals surface area contributed by atoms with Gasteiger partial charge in [-0.25, -0.2) is 0 Å². The molecule has 1 aliphatic rings. The Labute approximate surface area is 115 Å². The van der Waals surface area contributed by atoms with Crippen molar-refractivity contribution >= 4 is 12.3 Å². The number of carbonyl (C=O) groups excluding carboxylic acids is 1. The fourth-order valence-electron chi connectivity index (χ4n) is 2.88. The lowest BCUT2D eigenvalue weighted by Crippen LogP contribution is -2.46. The number of aliphatic carboxylic acids is 1. The van der Waals surface area contributed by atoms with Crippen LogP contribution in [0.5, 0.6) is 0 Å². The molecule has 0 heterocycles. The molecule has 1 aliphatic carbocycles. The lowest BCUT2D eigenvalue weighted by atomic mass is 9.65. The third-order valence-corrected chi connectivity index (χ3v) is 4.88. The van der Waals surface area contributed by atoms with Crippen molar-refractivity contribution in [3.05, 3.63) is 0 Å². The molecule has 110 valence electrons. The van der Waals surface area contributed by atoms with E-state index in [1.807, 2.05) is 0 Å². The second kappa shape index (κ2) is 6.04. The predicted molar refractivity (Wildman–Crippen MR) is 72.9 cm³/mol. The van der Waals surface area contributed by atoms with Crippen molar-refractivity contribution in [2.24, 2.45) is 22.7 Å². The first kappa shape index (κ1) is 16.2. The zero-order valence-corrected chi connectivity index (χ0v) is 12.4. The van der Waals surface area contributed by atoms with E-state index in [2.05, 4.69) is 13.8 Å². The number of hydrogen-bond donors (Lipinski definition) is 1. The van der Waals surface area contributed by atoms with Crippen LogP contribution in [0.15, 0.2) is 0 Å². The second-order valence-corrected chi connectivity index (χ2v) is 6.54. The number of hydrogen-bond acceptors (Lipinski definition) is 3. The quantitative estimate of drug-likeness (QED) is 0.570. The first-order valence-corrected chi connectivity index (χ1v) is 7.05. The van der Waals surface area contributed by atoms with E-state index in [1.165, 1.54) is 0 Å². The average Bonchev–Trinajstić information content (AvgIpc) is 2.60. The fraction of sp³-hybridized carbons (Fsp3) is 0.867. The Morgan fingerprint density at radius 1 is 1.47 bits per heavy atom. The van der Waals surface area contributed by atoms with Gasteiger partial charge in [-0.15, -0.1) is 0 Å². The number of rotatable bonds is 7. The molecular weight excluding hydrogens is 244 g/mol. The van der Waals surface area contributed by atoms with Gasteiger partial charge in [0.2, 0.25) is 0 Å². The Morgan fingerprint density at radius 3 is 2.58 bits per heavy atom. The highest BCUT2D eigenvalue weighted by Crippen LogP contribution is 2.55. The highest BCUT2D eigenvalue weighted by Gasteiger charge is 2.59. The van der Waals surface area contributed by atoms with Crippen LogP contribution in [0.1, 0.15) is 47.0 Å². The molecule has 0 radical (unpaired) electrons. The van der Waals surface area contributed by atoms with Crippen LogP contribution >= 0.6 is 0 Å². The lowest BCUT2D eigenvalue weighted by molar-refractivity contribution is -0.161. The molecule has 0 bridgehead atoms. The van der Waals surface area contributed by atoms with Crippen LogP contribution in [0.2, 0.25) is 0 Å². The van der Waals surface area contributed by atoms with Gasteiger partial charge in [-0.1, -0.05) is 20.8 Å². The molecule has 1 N–H and O–H groups in total. The molecule has 19 heavy (non-hydrogen) atoms. The summed E-state index contributed by atoms with van der Waals surface area (Å²) in [6, 6.07) is 0. The first-order valence-electron chi connectivity index (χ1n) is 7.05. The zero-order chi connectivity index (χ0) is 14.7. The summed E-state index contributed by atoms with van der Waals surface area (Å²) < 4.78 is 5.63. The van der Waals surface area contributed by atoms with E-state index in [-0.39, 0.29) is 5.92 Å². The molecule has 0 spiro atoms. The van der Waals surface area contributed by atoms with E-state index in [1.54, 1.807) is 13.8 Å². The van der Waals surface area contributed by atoms with Crippen molar-refractivity contribution in [1.82, 2.24) is 0 Å². The van der Waals surface area contributed by atoms with Gasteiger partial charge >= 0.3 is 5.97 Å². The molecule has 1 saturated carbocycles. The molecule has 0 aromatic heterocycles. The van der Waals surface area contributed by atoms with Crippen LogP contribution in [0.3, 0.4) is 0 Å². The van der Waals surface area contributed by atoms with Crippen LogP contribution in [0.25, 0.3) is 0 Å². The van der Waals surface area contributed by atoms with Crippen LogP contribution in [-0.4, -0.2) is 30.6 Å². The molecule has 3 atom stereocenters. The SMILES string of the molecule is CC(C)CCOC[C@H]1CC[C@@](C)(C=O)[C@]1(C)C(=O)O. The number of ether oxygens (including phenoxy) is 1. The van der Waals surface area contributed by atoms with E-state index in [9.17, 15) is 14.7 Å². The summed E-state index contributed by atoms with van der Waals surface area (Å²) in [7, 11) is 0. The number of carboxylic acid groups (broad SMARTS) is 1. The highest BCUT2D eigenvalue weighted by molar-refractivity contribution is 5.82. The van der Waals surface area contributed by atoms with Crippen molar-refractivity contribution in [1.29, 1.82) is 0 Å².